The number of hydrogen-bond acceptors (Lipinski definition) is 3. The highest BCUT2D eigenvalue weighted by Gasteiger charge is 2.38. The predicted octanol–water partition coefficient (Wildman–Crippen LogP) is 2.94. The topological polar surface area (TPSA) is 56.4 Å². The molecule has 2 aromatic carbocycles. The monoisotopic (exact) mass is 340 g/mol. The summed E-state index contributed by atoms with van der Waals surface area (Å²) < 4.78 is 0. The van der Waals surface area contributed by atoms with Crippen molar-refractivity contribution in [3.05, 3.63) is 60.2 Å². The van der Waals surface area contributed by atoms with E-state index in [0.29, 0.717) is 5.11 Å². The average Bonchev–Trinajstić information content (AvgIpc) is 2.83. The highest BCUT2D eigenvalue weighted by atomic mass is 32.1. The summed E-state index contributed by atoms with van der Waals surface area (Å²) in [4.78, 5) is 12.3. The lowest BCUT2D eigenvalue weighted by molar-refractivity contribution is -0.117. The van der Waals surface area contributed by atoms with Crippen molar-refractivity contribution in [2.24, 2.45) is 0 Å². The van der Waals surface area contributed by atoms with Gasteiger partial charge in [0.05, 0.1) is 12.1 Å². The number of benzene rings is 2. The fraction of sp³-hybridized carbons (Fsp3) is 0.222. The number of carbonyl (C=O) groups is 1. The van der Waals surface area contributed by atoms with Gasteiger partial charge in [0, 0.05) is 5.69 Å². The van der Waals surface area contributed by atoms with Gasteiger partial charge in [0.15, 0.2) is 5.11 Å². The van der Waals surface area contributed by atoms with E-state index < -0.39 is 5.66 Å². The maximum atomic E-state index is 12.3. The minimum atomic E-state index is -0.638. The van der Waals surface area contributed by atoms with Crippen LogP contribution in [0, 0.1) is 6.92 Å². The lowest BCUT2D eigenvalue weighted by Gasteiger charge is -2.25. The van der Waals surface area contributed by atoms with E-state index in [0.717, 1.165) is 11.4 Å². The molecule has 1 heterocycles. The molecular formula is C18H20N4OS. The zero-order valence-electron chi connectivity index (χ0n) is 13.7. The van der Waals surface area contributed by atoms with Crippen molar-refractivity contribution in [2.45, 2.75) is 25.9 Å². The van der Waals surface area contributed by atoms with Crippen LogP contribution in [0.25, 0.3) is 0 Å². The molecule has 0 spiro atoms. The van der Waals surface area contributed by atoms with Crippen LogP contribution < -0.4 is 21.1 Å². The molecule has 1 unspecified atom stereocenters. The van der Waals surface area contributed by atoms with E-state index in [1.165, 1.54) is 5.56 Å². The number of para-hydroxylation sites is 1. The Bertz CT molecular complexity index is 747. The summed E-state index contributed by atoms with van der Waals surface area (Å²) in [5.74, 6) is -0.0859. The Morgan fingerprint density at radius 2 is 1.83 bits per heavy atom. The Hall–Kier alpha value is -2.44. The zero-order valence-corrected chi connectivity index (χ0v) is 14.5. The van der Waals surface area contributed by atoms with Gasteiger partial charge in [-0.15, -0.1) is 0 Å². The van der Waals surface area contributed by atoms with E-state index in [4.69, 9.17) is 12.2 Å². The molecule has 1 amide bonds. The Kier molecular flexibility index (Phi) is 4.51. The molecule has 3 N–H and O–H groups in total. The Balaban J connectivity index is 1.67. The van der Waals surface area contributed by atoms with E-state index >= 15 is 0 Å². The summed E-state index contributed by atoms with van der Waals surface area (Å²) in [5.41, 5.74) is 5.55. The van der Waals surface area contributed by atoms with Crippen LogP contribution in [-0.2, 0) is 4.79 Å². The second kappa shape index (κ2) is 6.59. The van der Waals surface area contributed by atoms with Crippen LogP contribution in [0.1, 0.15) is 18.9 Å². The molecule has 6 heteroatoms. The van der Waals surface area contributed by atoms with Crippen molar-refractivity contribution in [3.63, 3.8) is 0 Å². The number of carbonyl (C=O) groups excluding carboxylic acids is 1. The average molecular weight is 340 g/mol. The van der Waals surface area contributed by atoms with Crippen molar-refractivity contribution >= 4 is 34.6 Å². The number of hydrazine groups is 1. The molecule has 1 atom stereocenters. The minimum absolute atomic E-state index is 0.0859. The number of aryl methyl sites for hydroxylation is 1. The van der Waals surface area contributed by atoms with Crippen LogP contribution in [0.15, 0.2) is 54.6 Å². The van der Waals surface area contributed by atoms with E-state index in [1.54, 1.807) is 5.01 Å². The maximum absolute atomic E-state index is 12.3. The smallest absolute Gasteiger partial charge is 0.228 e. The maximum Gasteiger partial charge on any atom is 0.228 e. The molecule has 24 heavy (non-hydrogen) atoms. The van der Waals surface area contributed by atoms with Crippen LogP contribution in [0.2, 0.25) is 0 Å². The first kappa shape index (κ1) is 16.4. The molecule has 0 aromatic heterocycles. The van der Waals surface area contributed by atoms with Crippen molar-refractivity contribution in [2.75, 3.05) is 10.3 Å². The molecular weight excluding hydrogens is 320 g/mol. The number of nitrogens with zero attached hydrogens (tertiary/aromatic N) is 1. The van der Waals surface area contributed by atoms with Crippen molar-refractivity contribution in [1.82, 2.24) is 10.7 Å². The Labute approximate surface area is 147 Å². The third-order valence-corrected chi connectivity index (χ3v) is 4.09. The van der Waals surface area contributed by atoms with Gasteiger partial charge in [-0.3, -0.25) is 9.80 Å². The van der Waals surface area contributed by atoms with E-state index in [1.807, 2.05) is 68.4 Å². The van der Waals surface area contributed by atoms with E-state index in [9.17, 15) is 4.79 Å². The lowest BCUT2D eigenvalue weighted by atomic mass is 10.1. The van der Waals surface area contributed by atoms with Gasteiger partial charge in [-0.1, -0.05) is 35.9 Å². The largest absolute Gasteiger partial charge is 0.341 e. The normalized spacial score (nSPS) is 19.9. The number of nitrogens with one attached hydrogen (secondary N) is 3. The van der Waals surface area contributed by atoms with Gasteiger partial charge < -0.3 is 10.6 Å². The molecule has 1 fully saturated rings. The fourth-order valence-corrected chi connectivity index (χ4v) is 3.00. The van der Waals surface area contributed by atoms with Gasteiger partial charge >= 0.3 is 0 Å². The predicted molar refractivity (Wildman–Crippen MR) is 101 cm³/mol. The molecule has 0 radical (unpaired) electrons. The standard InChI is InChI=1S/C18H20N4OS/c1-13-8-10-15(11-9-13)22-17(24)20-18(2,21-22)12-16(23)19-14-6-4-3-5-7-14/h3-11,21H,12H2,1-2H3,(H,19,23)(H,20,24). The first-order valence-electron chi connectivity index (χ1n) is 7.77. The third-order valence-electron chi connectivity index (χ3n) is 3.81. The van der Waals surface area contributed by atoms with Gasteiger partial charge in [-0.25, -0.2) is 5.43 Å². The summed E-state index contributed by atoms with van der Waals surface area (Å²) >= 11 is 5.41. The van der Waals surface area contributed by atoms with Crippen LogP contribution >= 0.6 is 12.2 Å². The van der Waals surface area contributed by atoms with E-state index in [2.05, 4.69) is 16.1 Å². The van der Waals surface area contributed by atoms with Gasteiger partial charge in [-0.2, -0.15) is 0 Å². The molecule has 2 aromatic rings. The molecule has 1 aliphatic heterocycles. The van der Waals surface area contributed by atoms with Crippen LogP contribution in [0.5, 0.6) is 0 Å². The van der Waals surface area contributed by atoms with Gasteiger partial charge in [-0.05, 0) is 50.3 Å². The summed E-state index contributed by atoms with van der Waals surface area (Å²) in [6.07, 6.45) is 0.240. The molecule has 124 valence electrons. The molecule has 0 saturated carbocycles. The lowest BCUT2D eigenvalue weighted by Crippen LogP contribution is -2.50. The minimum Gasteiger partial charge on any atom is -0.341 e. The number of anilines is 2. The third kappa shape index (κ3) is 3.72. The first-order chi connectivity index (χ1) is 11.5. The molecule has 5 nitrogen and oxygen atoms in total. The summed E-state index contributed by atoms with van der Waals surface area (Å²) in [6, 6.07) is 17.4. The van der Waals surface area contributed by atoms with Crippen molar-refractivity contribution < 1.29 is 4.79 Å². The SMILES string of the molecule is Cc1ccc(N2NC(C)(CC(=O)Nc3ccccc3)NC2=S)cc1. The highest BCUT2D eigenvalue weighted by molar-refractivity contribution is 7.80. The number of thiocarbonyl (C=S) groups is 1. The number of rotatable bonds is 4. The summed E-state index contributed by atoms with van der Waals surface area (Å²) in [7, 11) is 0. The summed E-state index contributed by atoms with van der Waals surface area (Å²) in [5, 5.41) is 8.43. The van der Waals surface area contributed by atoms with Crippen molar-refractivity contribution in [3.8, 4) is 0 Å². The first-order valence-corrected chi connectivity index (χ1v) is 8.18. The Morgan fingerprint density at radius 3 is 2.50 bits per heavy atom. The number of hydrogen-bond donors (Lipinski definition) is 3. The second-order valence-corrected chi connectivity index (χ2v) is 6.52. The van der Waals surface area contributed by atoms with Crippen molar-refractivity contribution in [1.29, 1.82) is 0 Å². The van der Waals surface area contributed by atoms with Gasteiger partial charge in [0.25, 0.3) is 0 Å². The van der Waals surface area contributed by atoms with Gasteiger partial charge in [0.1, 0.15) is 5.66 Å². The van der Waals surface area contributed by atoms with E-state index in [-0.39, 0.29) is 12.3 Å². The summed E-state index contributed by atoms with van der Waals surface area (Å²) in [6.45, 7) is 3.95. The molecule has 1 aliphatic rings. The fourth-order valence-electron chi connectivity index (χ4n) is 2.62. The van der Waals surface area contributed by atoms with Crippen LogP contribution in [0.4, 0.5) is 11.4 Å². The highest BCUT2D eigenvalue weighted by Crippen LogP contribution is 2.22. The molecule has 1 saturated heterocycles. The number of amides is 1. The zero-order chi connectivity index (χ0) is 17.2. The quantitative estimate of drug-likeness (QED) is 0.747. The van der Waals surface area contributed by atoms with Crippen LogP contribution in [-0.4, -0.2) is 16.7 Å². The molecule has 0 bridgehead atoms. The van der Waals surface area contributed by atoms with Crippen LogP contribution in [0.3, 0.4) is 0 Å². The molecule has 0 aliphatic carbocycles. The van der Waals surface area contributed by atoms with Gasteiger partial charge in [0.2, 0.25) is 5.91 Å². The molecule has 3 rings (SSSR count). The second-order valence-electron chi connectivity index (χ2n) is 6.14. The Morgan fingerprint density at radius 1 is 1.17 bits per heavy atom.